The molecule has 0 spiro atoms. The SMILES string of the molecule is C=N/C(C=O)=C\c1ccccc1C.CC. The molecular formula is C13H17NO. The highest BCUT2D eigenvalue weighted by atomic mass is 16.1. The Morgan fingerprint density at radius 3 is 2.40 bits per heavy atom. The maximum Gasteiger partial charge on any atom is 0.168 e. The molecule has 15 heavy (non-hydrogen) atoms. The molecule has 1 aromatic carbocycles. The molecule has 0 aliphatic rings. The fraction of sp³-hybridized carbons (Fsp3) is 0.231. The summed E-state index contributed by atoms with van der Waals surface area (Å²) in [6.45, 7) is 9.29. The van der Waals surface area contributed by atoms with E-state index in [9.17, 15) is 4.79 Å². The van der Waals surface area contributed by atoms with E-state index in [2.05, 4.69) is 11.7 Å². The normalized spacial score (nSPS) is 9.93. The Kier molecular flexibility index (Phi) is 6.81. The fourth-order valence-electron chi connectivity index (χ4n) is 1.02. The number of hydrogen-bond donors (Lipinski definition) is 0. The Morgan fingerprint density at radius 2 is 1.93 bits per heavy atom. The summed E-state index contributed by atoms with van der Waals surface area (Å²) in [7, 11) is 0. The molecule has 1 aromatic rings. The lowest BCUT2D eigenvalue weighted by Gasteiger charge is -1.98. The summed E-state index contributed by atoms with van der Waals surface area (Å²) in [6, 6.07) is 7.79. The van der Waals surface area contributed by atoms with Crippen LogP contribution in [0.3, 0.4) is 0 Å². The molecule has 0 atom stereocenters. The first kappa shape index (κ1) is 13.3. The number of hydrogen-bond acceptors (Lipinski definition) is 2. The lowest BCUT2D eigenvalue weighted by atomic mass is 10.1. The molecule has 2 heteroatoms. The number of aliphatic imine (C=N–C) groups is 1. The van der Waals surface area contributed by atoms with E-state index < -0.39 is 0 Å². The van der Waals surface area contributed by atoms with Gasteiger partial charge in [0.1, 0.15) is 5.70 Å². The maximum atomic E-state index is 10.4. The number of allylic oxidation sites excluding steroid dienone is 1. The zero-order chi connectivity index (χ0) is 11.7. The largest absolute Gasteiger partial charge is 0.296 e. The summed E-state index contributed by atoms with van der Waals surface area (Å²) in [5, 5.41) is 0. The van der Waals surface area contributed by atoms with Crippen molar-refractivity contribution in [2.45, 2.75) is 20.8 Å². The van der Waals surface area contributed by atoms with Crippen LogP contribution in [0.2, 0.25) is 0 Å². The summed E-state index contributed by atoms with van der Waals surface area (Å²) in [6.07, 6.45) is 2.41. The van der Waals surface area contributed by atoms with Gasteiger partial charge in [0, 0.05) is 0 Å². The van der Waals surface area contributed by atoms with Crippen molar-refractivity contribution in [3.8, 4) is 0 Å². The highest BCUT2D eigenvalue weighted by Crippen LogP contribution is 2.11. The van der Waals surface area contributed by atoms with Crippen molar-refractivity contribution < 1.29 is 4.79 Å². The molecule has 0 fully saturated rings. The number of carbonyl (C=O) groups excluding carboxylic acids is 1. The predicted octanol–water partition coefficient (Wildman–Crippen LogP) is 3.26. The van der Waals surface area contributed by atoms with Crippen LogP contribution in [0.1, 0.15) is 25.0 Å². The molecule has 0 saturated heterocycles. The van der Waals surface area contributed by atoms with Crippen molar-refractivity contribution in [3.05, 3.63) is 41.1 Å². The van der Waals surface area contributed by atoms with Gasteiger partial charge < -0.3 is 0 Å². The van der Waals surface area contributed by atoms with Crippen molar-refractivity contribution in [2.24, 2.45) is 4.99 Å². The number of carbonyl (C=O) groups is 1. The number of nitrogens with zero attached hydrogens (tertiary/aromatic N) is 1. The van der Waals surface area contributed by atoms with Gasteiger partial charge in [-0.2, -0.15) is 0 Å². The van der Waals surface area contributed by atoms with Crippen LogP contribution in [0, 0.1) is 6.92 Å². The third kappa shape index (κ3) is 4.36. The van der Waals surface area contributed by atoms with E-state index in [1.165, 1.54) is 0 Å². The molecule has 0 saturated carbocycles. The predicted molar refractivity (Wildman–Crippen MR) is 66.1 cm³/mol. The Labute approximate surface area is 91.4 Å². The monoisotopic (exact) mass is 203 g/mol. The van der Waals surface area contributed by atoms with E-state index in [0.717, 1.165) is 11.1 Å². The summed E-state index contributed by atoms with van der Waals surface area (Å²) < 4.78 is 0. The van der Waals surface area contributed by atoms with E-state index in [4.69, 9.17) is 0 Å². The average Bonchev–Trinajstić information content (AvgIpc) is 2.31. The number of aldehydes is 1. The lowest BCUT2D eigenvalue weighted by Crippen LogP contribution is -1.83. The molecule has 2 nitrogen and oxygen atoms in total. The molecule has 0 aliphatic heterocycles. The van der Waals surface area contributed by atoms with Crippen LogP contribution in [-0.2, 0) is 4.79 Å². The standard InChI is InChI=1S/C11H11NO.C2H6/c1-9-5-3-4-6-10(9)7-11(8-13)12-2;1-2/h3-8H,2H2,1H3;1-2H3/b11-7-;. The first-order valence-electron chi connectivity index (χ1n) is 4.97. The Balaban J connectivity index is 0.000000921. The highest BCUT2D eigenvalue weighted by Gasteiger charge is 1.94. The number of aryl methyl sites for hydroxylation is 1. The fourth-order valence-corrected chi connectivity index (χ4v) is 1.02. The zero-order valence-electron chi connectivity index (χ0n) is 9.53. The molecule has 0 aromatic heterocycles. The van der Waals surface area contributed by atoms with Gasteiger partial charge in [0.05, 0.1) is 0 Å². The van der Waals surface area contributed by atoms with Crippen molar-refractivity contribution in [2.75, 3.05) is 0 Å². The van der Waals surface area contributed by atoms with Crippen molar-refractivity contribution in [1.29, 1.82) is 0 Å². The smallest absolute Gasteiger partial charge is 0.168 e. The molecule has 0 heterocycles. The van der Waals surface area contributed by atoms with Gasteiger partial charge in [-0.3, -0.25) is 9.79 Å². The van der Waals surface area contributed by atoms with E-state index in [1.807, 2.05) is 45.0 Å². The Bertz CT molecular complexity index is 343. The molecule has 0 radical (unpaired) electrons. The maximum absolute atomic E-state index is 10.4. The van der Waals surface area contributed by atoms with Gasteiger partial charge in [-0.1, -0.05) is 38.1 Å². The van der Waals surface area contributed by atoms with E-state index in [-0.39, 0.29) is 0 Å². The van der Waals surface area contributed by atoms with Crippen LogP contribution >= 0.6 is 0 Å². The van der Waals surface area contributed by atoms with Gasteiger partial charge in [-0.05, 0) is 30.8 Å². The molecule has 0 unspecified atom stereocenters. The topological polar surface area (TPSA) is 29.4 Å². The molecule has 0 amide bonds. The second kappa shape index (κ2) is 7.68. The molecule has 0 bridgehead atoms. The average molecular weight is 203 g/mol. The molecule has 80 valence electrons. The quantitative estimate of drug-likeness (QED) is 0.421. The van der Waals surface area contributed by atoms with Gasteiger partial charge >= 0.3 is 0 Å². The second-order valence-corrected chi connectivity index (χ2v) is 2.70. The summed E-state index contributed by atoms with van der Waals surface area (Å²) in [5.41, 5.74) is 2.47. The van der Waals surface area contributed by atoms with Gasteiger partial charge in [0.25, 0.3) is 0 Å². The third-order valence-electron chi connectivity index (χ3n) is 1.80. The Hall–Kier alpha value is -1.70. The van der Waals surface area contributed by atoms with E-state index in [0.29, 0.717) is 12.0 Å². The lowest BCUT2D eigenvalue weighted by molar-refractivity contribution is -0.104. The first-order valence-corrected chi connectivity index (χ1v) is 4.97. The molecule has 0 N–H and O–H groups in total. The van der Waals surface area contributed by atoms with Crippen LogP contribution in [0.5, 0.6) is 0 Å². The summed E-state index contributed by atoms with van der Waals surface area (Å²) in [5.74, 6) is 0. The van der Waals surface area contributed by atoms with Crippen molar-refractivity contribution >= 4 is 19.1 Å². The van der Waals surface area contributed by atoms with Gasteiger partial charge in [0.2, 0.25) is 0 Å². The molecular weight excluding hydrogens is 186 g/mol. The van der Waals surface area contributed by atoms with Crippen molar-refractivity contribution in [3.63, 3.8) is 0 Å². The number of rotatable bonds is 3. The van der Waals surface area contributed by atoms with Gasteiger partial charge in [0.15, 0.2) is 6.29 Å². The van der Waals surface area contributed by atoms with Crippen LogP contribution in [0.4, 0.5) is 0 Å². The summed E-state index contributed by atoms with van der Waals surface area (Å²) in [4.78, 5) is 14.0. The highest BCUT2D eigenvalue weighted by molar-refractivity contribution is 5.82. The summed E-state index contributed by atoms with van der Waals surface area (Å²) >= 11 is 0. The van der Waals surface area contributed by atoms with Crippen LogP contribution in [0.25, 0.3) is 6.08 Å². The number of benzene rings is 1. The van der Waals surface area contributed by atoms with Crippen LogP contribution < -0.4 is 0 Å². The van der Waals surface area contributed by atoms with Gasteiger partial charge in [-0.15, -0.1) is 0 Å². The first-order chi connectivity index (χ1) is 7.27. The minimum atomic E-state index is 0.356. The molecule has 1 rings (SSSR count). The molecule has 0 aliphatic carbocycles. The van der Waals surface area contributed by atoms with E-state index in [1.54, 1.807) is 6.08 Å². The van der Waals surface area contributed by atoms with Gasteiger partial charge in [-0.25, -0.2) is 0 Å². The van der Waals surface area contributed by atoms with Crippen LogP contribution in [0.15, 0.2) is 35.0 Å². The van der Waals surface area contributed by atoms with Crippen LogP contribution in [-0.4, -0.2) is 13.0 Å². The minimum absolute atomic E-state index is 0.356. The van der Waals surface area contributed by atoms with Crippen molar-refractivity contribution in [1.82, 2.24) is 0 Å². The second-order valence-electron chi connectivity index (χ2n) is 2.70. The zero-order valence-corrected chi connectivity index (χ0v) is 9.53. The third-order valence-corrected chi connectivity index (χ3v) is 1.80. The van der Waals surface area contributed by atoms with E-state index >= 15 is 0 Å². The minimum Gasteiger partial charge on any atom is -0.296 e. The Morgan fingerprint density at radius 1 is 1.33 bits per heavy atom.